The van der Waals surface area contributed by atoms with E-state index in [1.54, 1.807) is 24.3 Å². The van der Waals surface area contributed by atoms with E-state index in [4.69, 9.17) is 18.9 Å². The van der Waals surface area contributed by atoms with Crippen molar-refractivity contribution in [1.29, 1.82) is 0 Å². The number of fused-ring (bicyclic) bond motifs is 2. The maximum Gasteiger partial charge on any atom is 0.266 e. The Morgan fingerprint density at radius 1 is 0.280 bits per heavy atom. The lowest BCUT2D eigenvalue weighted by molar-refractivity contribution is 0.0877. The normalized spacial score (nSPS) is 13.9. The van der Waals surface area contributed by atoms with Crippen molar-refractivity contribution in [3.8, 4) is 46.0 Å². The summed E-state index contributed by atoms with van der Waals surface area (Å²) in [6.45, 7) is 42.4. The number of hydrogen-bond acceptors (Lipinski definition) is 8. The Labute approximate surface area is 605 Å². The predicted octanol–water partition coefficient (Wildman–Crippen LogP) is 25.7. The SMILES string of the molecule is CC(C)c1cc(Br)cc(C(C)C)c1N1C(=O)c2cc(Oc3ccc(C(C)(C)C)cc3)c3c4c(Oc5ccc(C(C)(C)C)cc5)cc5c6c(cc(Oc7ccc(C(C)(C)C)cc7)c(c7c(Oc8ccc(C(C)(C)C)cc8)cc(c2c37)C1=O)c64)C(=O)N(c1c(C(C)C)cc(Br)cc1C(C)C)C5=O. The molecular weight excluding hydrogens is 1370 g/mol. The number of ether oxygens (including phenoxy) is 4. The molecule has 0 unspecified atom stereocenters. The molecule has 100 heavy (non-hydrogen) atoms. The molecule has 11 aromatic rings. The van der Waals surface area contributed by atoms with Gasteiger partial charge >= 0.3 is 0 Å². The van der Waals surface area contributed by atoms with Crippen LogP contribution in [-0.4, -0.2) is 23.6 Å². The Bertz CT molecular complexity index is 4560. The minimum Gasteiger partial charge on any atom is -0.457 e. The fourth-order valence-corrected chi connectivity index (χ4v) is 15.4. The maximum atomic E-state index is 16.7. The van der Waals surface area contributed by atoms with E-state index in [0.717, 1.165) is 53.5 Å². The van der Waals surface area contributed by atoms with E-state index in [0.29, 0.717) is 77.5 Å². The summed E-state index contributed by atoms with van der Waals surface area (Å²) in [5.74, 6) is 0.151. The van der Waals surface area contributed by atoms with Gasteiger partial charge in [0, 0.05) is 52.0 Å². The molecule has 2 aliphatic heterocycles. The fraction of sp³-hybridized carbons (Fsp3) is 0.318. The van der Waals surface area contributed by atoms with E-state index < -0.39 is 23.6 Å². The van der Waals surface area contributed by atoms with Crippen LogP contribution in [0.15, 0.2) is 155 Å². The molecule has 4 amide bonds. The molecule has 0 saturated heterocycles. The third kappa shape index (κ3) is 12.1. The van der Waals surface area contributed by atoms with Crippen molar-refractivity contribution in [3.05, 3.63) is 221 Å². The zero-order valence-electron chi connectivity index (χ0n) is 61.1. The Balaban J connectivity index is 1.27. The van der Waals surface area contributed by atoms with Gasteiger partial charge in [0.2, 0.25) is 0 Å². The first-order valence-corrected chi connectivity index (χ1v) is 36.4. The van der Waals surface area contributed by atoms with Gasteiger partial charge in [0.25, 0.3) is 23.6 Å². The molecule has 0 aromatic heterocycles. The van der Waals surface area contributed by atoms with Crippen molar-refractivity contribution >= 4 is 110 Å². The summed E-state index contributed by atoms with van der Waals surface area (Å²) >= 11 is 7.60. The van der Waals surface area contributed by atoms with Gasteiger partial charge in [-0.1, -0.05) is 219 Å². The van der Waals surface area contributed by atoms with E-state index in [-0.39, 0.29) is 90.6 Å². The first-order chi connectivity index (χ1) is 46.9. The topological polar surface area (TPSA) is 112 Å². The van der Waals surface area contributed by atoms with Gasteiger partial charge in [0.15, 0.2) is 0 Å². The smallest absolute Gasteiger partial charge is 0.266 e. The number of nitrogens with zero attached hydrogens (tertiary/aromatic N) is 2. The van der Waals surface area contributed by atoms with Gasteiger partial charge in [-0.05, 0) is 187 Å². The first-order valence-electron chi connectivity index (χ1n) is 34.8. The van der Waals surface area contributed by atoms with Crippen LogP contribution in [-0.2, 0) is 21.7 Å². The second-order valence-corrected chi connectivity index (χ2v) is 34.4. The van der Waals surface area contributed by atoms with Crippen LogP contribution in [0.5, 0.6) is 46.0 Å². The lowest BCUT2D eigenvalue weighted by Gasteiger charge is -2.35. The van der Waals surface area contributed by atoms with Gasteiger partial charge in [0.05, 0.1) is 33.6 Å². The highest BCUT2D eigenvalue weighted by Crippen LogP contribution is 2.59. The summed E-state index contributed by atoms with van der Waals surface area (Å²) in [4.78, 5) is 69.3. The number of halogens is 2. The van der Waals surface area contributed by atoms with Crippen molar-refractivity contribution in [2.45, 2.75) is 184 Å². The zero-order valence-corrected chi connectivity index (χ0v) is 64.3. The van der Waals surface area contributed by atoms with Crippen molar-refractivity contribution in [3.63, 3.8) is 0 Å². The van der Waals surface area contributed by atoms with Gasteiger partial charge < -0.3 is 18.9 Å². The van der Waals surface area contributed by atoms with Crippen LogP contribution in [0.1, 0.15) is 248 Å². The number of hydrogen-bond donors (Lipinski definition) is 0. The Morgan fingerprint density at radius 3 is 0.640 bits per heavy atom. The molecule has 12 heteroatoms. The quantitative estimate of drug-likeness (QED) is 0.0601. The molecule has 0 aliphatic carbocycles. The third-order valence-electron chi connectivity index (χ3n) is 19.9. The largest absolute Gasteiger partial charge is 0.457 e. The molecule has 2 aliphatic rings. The van der Waals surface area contributed by atoms with Crippen LogP contribution in [0.2, 0.25) is 0 Å². The van der Waals surface area contributed by atoms with E-state index in [1.165, 1.54) is 9.80 Å². The highest BCUT2D eigenvalue weighted by molar-refractivity contribution is 9.10. The standard InChI is InChI=1S/C88H88Br2N2O8/c1-45(2)59-37-53(89)38-60(46(3)4)79(59)91-81(93)63-41-67(97-55-29-21-49(22-30-55)85(9,10)11)73-75-69(99-57-33-25-51(26-34-57)87(15,16)17)43-65-72-66(84(96)92(83(65)95)80-61(47(5)6)39-54(90)40-62(80)48(7)8)44-70(100-58-35-27-52(28-36-58)88(18,19)20)76(78(72)75)74-68(42-64(82(91)94)71(63)77(73)74)98-56-31-23-50(24-32-56)86(12,13)14/h21-48H,1-20H3. The molecule has 0 N–H and O–H groups in total. The molecular formula is C88H88Br2N2O8. The second-order valence-electron chi connectivity index (χ2n) is 32.6. The number of carbonyl (C=O) groups excluding carboxylic acids is 4. The minimum atomic E-state index is -0.548. The van der Waals surface area contributed by atoms with E-state index in [9.17, 15) is 0 Å². The van der Waals surface area contributed by atoms with Crippen LogP contribution < -0.4 is 28.7 Å². The average molecular weight is 1460 g/mol. The van der Waals surface area contributed by atoms with E-state index >= 15 is 19.2 Å². The average Bonchev–Trinajstić information content (AvgIpc) is 0.670. The third-order valence-corrected chi connectivity index (χ3v) is 20.8. The van der Waals surface area contributed by atoms with Crippen LogP contribution in [0.4, 0.5) is 11.4 Å². The second kappa shape index (κ2) is 25.0. The van der Waals surface area contributed by atoms with E-state index in [2.05, 4.69) is 170 Å². The number of carbonyl (C=O) groups is 4. The Kier molecular flexibility index (Phi) is 17.4. The highest BCUT2D eigenvalue weighted by atomic mass is 79.9. The first kappa shape index (κ1) is 69.6. The van der Waals surface area contributed by atoms with Crippen LogP contribution in [0.3, 0.4) is 0 Å². The summed E-state index contributed by atoms with van der Waals surface area (Å²) < 4.78 is 31.5. The monoisotopic (exact) mass is 1460 g/mol. The number of imide groups is 2. The van der Waals surface area contributed by atoms with Crippen molar-refractivity contribution in [2.75, 3.05) is 9.80 Å². The molecule has 2 heterocycles. The lowest BCUT2D eigenvalue weighted by Crippen LogP contribution is -2.42. The lowest BCUT2D eigenvalue weighted by atomic mass is 9.80. The predicted molar refractivity (Wildman–Crippen MR) is 415 cm³/mol. The molecule has 512 valence electrons. The number of benzene rings is 11. The molecule has 0 bridgehead atoms. The van der Waals surface area contributed by atoms with Crippen molar-refractivity contribution in [1.82, 2.24) is 0 Å². The number of amides is 4. The molecule has 0 atom stereocenters. The minimum absolute atomic E-state index is 0.118. The molecule has 11 aromatic carbocycles. The van der Waals surface area contributed by atoms with E-state index in [1.807, 2.05) is 121 Å². The maximum absolute atomic E-state index is 16.7. The molecule has 0 radical (unpaired) electrons. The summed E-state index contributed by atoms with van der Waals surface area (Å²) in [7, 11) is 0. The molecule has 0 fully saturated rings. The van der Waals surface area contributed by atoms with Crippen molar-refractivity contribution in [2.24, 2.45) is 0 Å². The number of anilines is 2. The Hall–Kier alpha value is -8.84. The molecule has 13 rings (SSSR count). The molecule has 0 spiro atoms. The van der Waals surface area contributed by atoms with Crippen LogP contribution in [0, 0.1) is 0 Å². The fourth-order valence-electron chi connectivity index (χ4n) is 14.4. The van der Waals surface area contributed by atoms with Crippen molar-refractivity contribution < 1.29 is 38.1 Å². The number of rotatable bonds is 14. The summed E-state index contributed by atoms with van der Waals surface area (Å²) in [5, 5.41) is 3.32. The van der Waals surface area contributed by atoms with Gasteiger partial charge in [-0.25, -0.2) is 9.80 Å². The highest BCUT2D eigenvalue weighted by Gasteiger charge is 2.45. The van der Waals surface area contributed by atoms with Gasteiger partial charge in [0.1, 0.15) is 46.0 Å². The molecule has 10 nitrogen and oxygen atoms in total. The summed E-state index contributed by atoms with van der Waals surface area (Å²) in [6, 6.07) is 46.9. The molecule has 0 saturated carbocycles. The Morgan fingerprint density at radius 2 is 0.470 bits per heavy atom. The van der Waals surface area contributed by atoms with Crippen LogP contribution in [0.25, 0.3) is 43.1 Å². The van der Waals surface area contributed by atoms with Gasteiger partial charge in [-0.15, -0.1) is 0 Å². The summed E-state index contributed by atoms with van der Waals surface area (Å²) in [6.07, 6.45) is 0. The van der Waals surface area contributed by atoms with Gasteiger partial charge in [-0.2, -0.15) is 0 Å². The van der Waals surface area contributed by atoms with Crippen LogP contribution >= 0.6 is 31.9 Å². The zero-order chi connectivity index (χ0) is 72.0. The summed E-state index contributed by atoms with van der Waals surface area (Å²) in [5.41, 5.74) is 8.60. The van der Waals surface area contributed by atoms with Gasteiger partial charge in [-0.3, -0.25) is 19.2 Å².